The van der Waals surface area contributed by atoms with Crippen molar-refractivity contribution < 1.29 is 38.4 Å². The van der Waals surface area contributed by atoms with E-state index in [2.05, 4.69) is 0 Å². The summed E-state index contributed by atoms with van der Waals surface area (Å²) in [4.78, 5) is 36.1. The van der Waals surface area contributed by atoms with E-state index in [1.54, 1.807) is 4.98 Å². The number of nitrogens with one attached hydrogen (secondary N) is 1. The fourth-order valence-electron chi connectivity index (χ4n) is 2.46. The minimum atomic E-state index is -4.52. The largest absolute Gasteiger partial charge is 0.477 e. The molecule has 1 aliphatic heterocycles. The molecule has 24 heavy (non-hydrogen) atoms. The van der Waals surface area contributed by atoms with Crippen molar-refractivity contribution >= 4 is 15.8 Å². The molecular formula is C11H14N2O10S. The molecule has 134 valence electrons. The molecule has 4 atom stereocenters. The van der Waals surface area contributed by atoms with Crippen LogP contribution in [-0.4, -0.2) is 75.5 Å². The number of hydrogen-bond acceptors (Lipinski definition) is 9. The number of rotatable bonds is 4. The summed E-state index contributed by atoms with van der Waals surface area (Å²) in [5, 5.41) is 35.1. The SMILES string of the molecule is CS(=O)(=O)[C@@]1(n2cc(C(=O)O)c(=O)[nH]c2=O)O[C@H](CO)[C@@H](O)[C@H]1O. The number of aliphatic hydroxyl groups excluding tert-OH is 3. The van der Waals surface area contributed by atoms with Gasteiger partial charge >= 0.3 is 11.7 Å². The van der Waals surface area contributed by atoms with E-state index in [-0.39, 0.29) is 4.57 Å². The third-order valence-corrected chi connectivity index (χ3v) is 5.21. The first-order chi connectivity index (χ1) is 11.0. The maximum absolute atomic E-state index is 12.2. The average molecular weight is 366 g/mol. The molecule has 1 aliphatic rings. The Hall–Kier alpha value is -2.06. The van der Waals surface area contributed by atoms with Crippen LogP contribution in [0.5, 0.6) is 0 Å². The maximum Gasteiger partial charge on any atom is 0.342 e. The lowest BCUT2D eigenvalue weighted by Crippen LogP contribution is -2.56. The molecule has 0 radical (unpaired) electrons. The van der Waals surface area contributed by atoms with E-state index in [4.69, 9.17) is 14.9 Å². The predicted octanol–water partition coefficient (Wildman–Crippen LogP) is -4.00. The van der Waals surface area contributed by atoms with Gasteiger partial charge in [0.2, 0.25) is 0 Å². The van der Waals surface area contributed by atoms with E-state index in [9.17, 15) is 33.0 Å². The normalized spacial score (nSPS) is 30.4. The molecule has 2 heterocycles. The minimum Gasteiger partial charge on any atom is -0.477 e. The second-order valence-electron chi connectivity index (χ2n) is 5.15. The maximum atomic E-state index is 12.2. The number of aliphatic hydroxyl groups is 3. The van der Waals surface area contributed by atoms with E-state index in [0.29, 0.717) is 12.5 Å². The lowest BCUT2D eigenvalue weighted by atomic mass is 10.1. The Bertz CT molecular complexity index is 887. The van der Waals surface area contributed by atoms with E-state index < -0.39 is 62.6 Å². The lowest BCUT2D eigenvalue weighted by Gasteiger charge is -2.31. The molecule has 0 amide bonds. The monoisotopic (exact) mass is 366 g/mol. The van der Waals surface area contributed by atoms with Crippen molar-refractivity contribution in [1.82, 2.24) is 9.55 Å². The number of hydrogen-bond donors (Lipinski definition) is 5. The van der Waals surface area contributed by atoms with E-state index >= 15 is 0 Å². The highest BCUT2D eigenvalue weighted by Crippen LogP contribution is 2.38. The van der Waals surface area contributed by atoms with Gasteiger partial charge in [0.1, 0.15) is 23.9 Å². The Morgan fingerprint density at radius 2 is 2.00 bits per heavy atom. The van der Waals surface area contributed by atoms with Crippen LogP contribution in [0.4, 0.5) is 0 Å². The van der Waals surface area contributed by atoms with Gasteiger partial charge in [-0.1, -0.05) is 0 Å². The number of nitrogens with zero attached hydrogens (tertiary/aromatic N) is 1. The Labute approximate surface area is 133 Å². The van der Waals surface area contributed by atoms with E-state index in [1.165, 1.54) is 0 Å². The van der Waals surface area contributed by atoms with Gasteiger partial charge in [0.05, 0.1) is 6.61 Å². The number of H-pyrrole nitrogens is 1. The molecular weight excluding hydrogens is 352 g/mol. The van der Waals surface area contributed by atoms with Crippen molar-refractivity contribution in [2.24, 2.45) is 0 Å². The second kappa shape index (κ2) is 5.78. The molecule has 1 aromatic rings. The summed E-state index contributed by atoms with van der Waals surface area (Å²) >= 11 is 0. The third-order valence-electron chi connectivity index (χ3n) is 3.62. The third kappa shape index (κ3) is 2.46. The molecule has 0 bridgehead atoms. The molecule has 12 nitrogen and oxygen atoms in total. The van der Waals surface area contributed by atoms with Crippen molar-refractivity contribution in [2.75, 3.05) is 12.9 Å². The zero-order valence-corrected chi connectivity index (χ0v) is 12.9. The molecule has 1 saturated heterocycles. The van der Waals surface area contributed by atoms with Crippen LogP contribution in [0.2, 0.25) is 0 Å². The van der Waals surface area contributed by atoms with Gasteiger partial charge in [-0.05, 0) is 0 Å². The summed E-state index contributed by atoms with van der Waals surface area (Å²) in [6.07, 6.45) is -4.74. The summed E-state index contributed by atoms with van der Waals surface area (Å²) in [5.41, 5.74) is -3.67. The van der Waals surface area contributed by atoms with Gasteiger partial charge in [-0.3, -0.25) is 14.3 Å². The fraction of sp³-hybridized carbons (Fsp3) is 0.545. The number of aromatic nitrogens is 2. The summed E-state index contributed by atoms with van der Waals surface area (Å²) in [6.45, 7) is -0.889. The summed E-state index contributed by atoms with van der Waals surface area (Å²) < 4.78 is 29.6. The quantitative estimate of drug-likeness (QED) is 0.350. The van der Waals surface area contributed by atoms with Crippen LogP contribution in [0, 0.1) is 0 Å². The molecule has 0 aromatic carbocycles. The molecule has 0 aliphatic carbocycles. The average Bonchev–Trinajstić information content (AvgIpc) is 2.72. The summed E-state index contributed by atoms with van der Waals surface area (Å²) in [5.74, 6) is -1.76. The van der Waals surface area contributed by atoms with Gasteiger partial charge in [0.15, 0.2) is 9.84 Å². The minimum absolute atomic E-state index is 0.163. The van der Waals surface area contributed by atoms with Crippen LogP contribution in [0.1, 0.15) is 10.4 Å². The first kappa shape index (κ1) is 18.3. The number of carboxylic acid groups (broad SMARTS) is 1. The molecule has 2 rings (SSSR count). The number of carbonyl (C=O) groups is 1. The molecule has 0 unspecified atom stereocenters. The van der Waals surface area contributed by atoms with Crippen LogP contribution in [0.3, 0.4) is 0 Å². The van der Waals surface area contributed by atoms with Crippen LogP contribution in [0.15, 0.2) is 15.8 Å². The van der Waals surface area contributed by atoms with E-state index in [0.717, 1.165) is 0 Å². The van der Waals surface area contributed by atoms with Crippen LogP contribution in [-0.2, 0) is 19.6 Å². The smallest absolute Gasteiger partial charge is 0.342 e. The first-order valence-electron chi connectivity index (χ1n) is 6.41. The Kier molecular flexibility index (Phi) is 4.41. The van der Waals surface area contributed by atoms with Crippen LogP contribution in [0.25, 0.3) is 0 Å². The number of aromatic carboxylic acids is 1. The molecule has 13 heteroatoms. The fourth-order valence-corrected chi connectivity index (χ4v) is 3.83. The van der Waals surface area contributed by atoms with Crippen molar-refractivity contribution in [3.8, 4) is 0 Å². The van der Waals surface area contributed by atoms with Crippen LogP contribution < -0.4 is 11.2 Å². The number of carboxylic acids is 1. The van der Waals surface area contributed by atoms with Crippen molar-refractivity contribution in [2.45, 2.75) is 23.4 Å². The van der Waals surface area contributed by atoms with E-state index in [1.807, 2.05) is 0 Å². The van der Waals surface area contributed by atoms with Gasteiger partial charge in [0, 0.05) is 12.5 Å². The van der Waals surface area contributed by atoms with Gasteiger partial charge < -0.3 is 25.2 Å². The van der Waals surface area contributed by atoms with Crippen molar-refractivity contribution in [3.05, 3.63) is 32.6 Å². The Morgan fingerprint density at radius 1 is 1.42 bits per heavy atom. The first-order valence-corrected chi connectivity index (χ1v) is 8.30. The zero-order valence-electron chi connectivity index (χ0n) is 12.1. The zero-order chi connectivity index (χ0) is 18.4. The number of ether oxygens (including phenoxy) is 1. The van der Waals surface area contributed by atoms with Gasteiger partial charge in [-0.15, -0.1) is 0 Å². The standard InChI is InChI=1S/C11H14N2O10S/c1-24(21,22)11(7(16)6(15)5(3-14)23-11)13-2-4(9(18)19)8(17)12-10(13)20/h2,5-7,14-16H,3H2,1H3,(H,18,19)(H,12,17,20)/t5-,6-,7-,11+/m1/s1. The Morgan fingerprint density at radius 3 is 2.42 bits per heavy atom. The molecule has 1 fully saturated rings. The van der Waals surface area contributed by atoms with Crippen molar-refractivity contribution in [1.29, 1.82) is 0 Å². The van der Waals surface area contributed by atoms with Crippen molar-refractivity contribution in [3.63, 3.8) is 0 Å². The highest BCUT2D eigenvalue weighted by Gasteiger charge is 2.62. The topological polar surface area (TPSA) is 196 Å². The molecule has 0 spiro atoms. The van der Waals surface area contributed by atoms with Gasteiger partial charge in [-0.2, -0.15) is 0 Å². The highest BCUT2D eigenvalue weighted by molar-refractivity contribution is 7.91. The number of aromatic amines is 1. The van der Waals surface area contributed by atoms with Crippen LogP contribution >= 0.6 is 0 Å². The molecule has 0 saturated carbocycles. The predicted molar refractivity (Wildman–Crippen MR) is 75.1 cm³/mol. The molecule has 5 N–H and O–H groups in total. The summed E-state index contributed by atoms with van der Waals surface area (Å²) in [7, 11) is -4.52. The highest BCUT2D eigenvalue weighted by atomic mass is 32.2. The number of sulfone groups is 1. The molecule has 1 aromatic heterocycles. The second-order valence-corrected chi connectivity index (χ2v) is 7.28. The Balaban J connectivity index is 2.87. The summed E-state index contributed by atoms with van der Waals surface area (Å²) in [6, 6.07) is 0. The van der Waals surface area contributed by atoms with Gasteiger partial charge in [-0.25, -0.2) is 18.0 Å². The van der Waals surface area contributed by atoms with Gasteiger partial charge in [0.25, 0.3) is 10.6 Å². The lowest BCUT2D eigenvalue weighted by molar-refractivity contribution is -0.0883.